The van der Waals surface area contributed by atoms with Crippen LogP contribution in [0.15, 0.2) is 29.2 Å². The fourth-order valence-electron chi connectivity index (χ4n) is 3.12. The number of hydrogen-bond acceptors (Lipinski definition) is 4. The van der Waals surface area contributed by atoms with Crippen LogP contribution in [0.4, 0.5) is 0 Å². The van der Waals surface area contributed by atoms with Crippen molar-refractivity contribution in [3.8, 4) is 0 Å². The molecule has 0 aromatic heterocycles. The molecule has 7 heteroatoms. The van der Waals surface area contributed by atoms with Gasteiger partial charge in [-0.15, -0.1) is 0 Å². The fourth-order valence-corrected chi connectivity index (χ4v) is 3.75. The van der Waals surface area contributed by atoms with E-state index in [0.717, 1.165) is 31.9 Å². The van der Waals surface area contributed by atoms with E-state index in [1.54, 1.807) is 12.1 Å². The molecule has 1 aromatic rings. The van der Waals surface area contributed by atoms with Crippen LogP contribution in [0.1, 0.15) is 44.1 Å². The van der Waals surface area contributed by atoms with Crippen molar-refractivity contribution in [2.45, 2.75) is 55.4 Å². The Kier molecular flexibility index (Phi) is 5.64. The Balaban J connectivity index is 2.07. The van der Waals surface area contributed by atoms with E-state index in [0.29, 0.717) is 18.4 Å². The molecule has 1 aliphatic rings. The number of benzene rings is 1. The molecular formula is C17H24N2O4S. The molecule has 132 valence electrons. The van der Waals surface area contributed by atoms with Crippen molar-refractivity contribution in [3.63, 3.8) is 0 Å². The molecule has 0 bridgehead atoms. The highest BCUT2D eigenvalue weighted by Gasteiger charge is 2.38. The maximum absolute atomic E-state index is 12.3. The Morgan fingerprint density at radius 3 is 2.08 bits per heavy atom. The molecule has 24 heavy (non-hydrogen) atoms. The lowest BCUT2D eigenvalue weighted by Gasteiger charge is -2.30. The first-order valence-corrected chi connectivity index (χ1v) is 10.0. The van der Waals surface area contributed by atoms with Gasteiger partial charge >= 0.3 is 0 Å². The molecule has 3 N–H and O–H groups in total. The predicted octanol–water partition coefficient (Wildman–Crippen LogP) is 1.33. The molecule has 0 aliphatic heterocycles. The molecule has 1 fully saturated rings. The van der Waals surface area contributed by atoms with Gasteiger partial charge in [0.05, 0.1) is 11.3 Å². The Hall–Kier alpha value is -1.89. The minimum absolute atomic E-state index is 0.0824. The summed E-state index contributed by atoms with van der Waals surface area (Å²) in [6, 6.07) is 6.18. The summed E-state index contributed by atoms with van der Waals surface area (Å²) < 4.78 is 22.9. The van der Waals surface area contributed by atoms with Crippen molar-refractivity contribution in [1.29, 1.82) is 0 Å². The molecule has 0 spiro atoms. The lowest BCUT2D eigenvalue weighted by Crippen LogP contribution is -2.57. The van der Waals surface area contributed by atoms with Crippen LogP contribution in [-0.4, -0.2) is 32.0 Å². The number of carbonyl (C=O) groups excluding carboxylic acids is 2. The SMILES string of the molecule is CS(=O)(=O)c1ccc(CC(=O)NC2(C(N)=O)CCCCCC2)cc1. The van der Waals surface area contributed by atoms with Gasteiger partial charge in [-0.05, 0) is 30.5 Å². The molecule has 1 saturated carbocycles. The van der Waals surface area contributed by atoms with E-state index in [4.69, 9.17) is 5.73 Å². The molecule has 1 aliphatic carbocycles. The zero-order chi connectivity index (χ0) is 17.8. The second-order valence-electron chi connectivity index (χ2n) is 6.50. The highest BCUT2D eigenvalue weighted by Crippen LogP contribution is 2.27. The van der Waals surface area contributed by atoms with E-state index in [1.807, 2.05) is 0 Å². The lowest BCUT2D eigenvalue weighted by molar-refractivity contribution is -0.131. The van der Waals surface area contributed by atoms with Crippen molar-refractivity contribution in [2.24, 2.45) is 5.73 Å². The highest BCUT2D eigenvalue weighted by atomic mass is 32.2. The maximum atomic E-state index is 12.3. The number of carbonyl (C=O) groups is 2. The third-order valence-electron chi connectivity index (χ3n) is 4.52. The van der Waals surface area contributed by atoms with Crippen molar-refractivity contribution in [2.75, 3.05) is 6.26 Å². The van der Waals surface area contributed by atoms with Gasteiger partial charge in [-0.1, -0.05) is 37.8 Å². The lowest BCUT2D eigenvalue weighted by atomic mass is 9.89. The Bertz CT molecular complexity index is 703. The molecule has 2 amide bonds. The van der Waals surface area contributed by atoms with E-state index in [1.165, 1.54) is 12.1 Å². The van der Waals surface area contributed by atoms with Gasteiger partial charge in [0.2, 0.25) is 11.8 Å². The number of rotatable bonds is 5. The average Bonchev–Trinajstić information content (AvgIpc) is 2.73. The molecule has 1 aromatic carbocycles. The van der Waals surface area contributed by atoms with Crippen LogP contribution in [0.2, 0.25) is 0 Å². The number of nitrogens with one attached hydrogen (secondary N) is 1. The molecule has 0 saturated heterocycles. The van der Waals surface area contributed by atoms with Crippen LogP contribution >= 0.6 is 0 Å². The number of nitrogens with two attached hydrogens (primary N) is 1. The van der Waals surface area contributed by atoms with E-state index in [2.05, 4.69) is 5.32 Å². The molecule has 0 unspecified atom stereocenters. The van der Waals surface area contributed by atoms with Crippen molar-refractivity contribution in [3.05, 3.63) is 29.8 Å². The number of primary amides is 1. The summed E-state index contributed by atoms with van der Waals surface area (Å²) in [5.74, 6) is -0.757. The van der Waals surface area contributed by atoms with Gasteiger partial charge in [-0.3, -0.25) is 9.59 Å². The Morgan fingerprint density at radius 2 is 1.62 bits per heavy atom. The molecule has 0 heterocycles. The van der Waals surface area contributed by atoms with Crippen LogP contribution in [0, 0.1) is 0 Å². The Morgan fingerprint density at radius 1 is 1.08 bits per heavy atom. The monoisotopic (exact) mass is 352 g/mol. The second-order valence-corrected chi connectivity index (χ2v) is 8.52. The summed E-state index contributed by atoms with van der Waals surface area (Å²) in [6.45, 7) is 0. The van der Waals surface area contributed by atoms with E-state index >= 15 is 0 Å². The first-order valence-electron chi connectivity index (χ1n) is 8.13. The van der Waals surface area contributed by atoms with Crippen LogP contribution in [-0.2, 0) is 25.8 Å². The molecular weight excluding hydrogens is 328 g/mol. The predicted molar refractivity (Wildman–Crippen MR) is 91.0 cm³/mol. The molecule has 2 rings (SSSR count). The fraction of sp³-hybridized carbons (Fsp3) is 0.529. The minimum atomic E-state index is -3.26. The molecule has 6 nitrogen and oxygen atoms in total. The zero-order valence-electron chi connectivity index (χ0n) is 13.9. The average molecular weight is 352 g/mol. The zero-order valence-corrected chi connectivity index (χ0v) is 14.7. The van der Waals surface area contributed by atoms with Gasteiger partial charge in [0.1, 0.15) is 5.54 Å². The number of amides is 2. The van der Waals surface area contributed by atoms with Crippen LogP contribution < -0.4 is 11.1 Å². The normalized spacial score (nSPS) is 17.7. The van der Waals surface area contributed by atoms with Crippen molar-refractivity contribution < 1.29 is 18.0 Å². The summed E-state index contributed by atoms with van der Waals surface area (Å²) in [6.07, 6.45) is 6.17. The van der Waals surface area contributed by atoms with Gasteiger partial charge in [0.15, 0.2) is 9.84 Å². The van der Waals surface area contributed by atoms with Gasteiger partial charge < -0.3 is 11.1 Å². The van der Waals surface area contributed by atoms with E-state index in [-0.39, 0.29) is 17.2 Å². The highest BCUT2D eigenvalue weighted by molar-refractivity contribution is 7.90. The Labute approximate surface area is 142 Å². The third-order valence-corrected chi connectivity index (χ3v) is 5.65. The van der Waals surface area contributed by atoms with Crippen molar-refractivity contribution >= 4 is 21.7 Å². The quantitative estimate of drug-likeness (QED) is 0.780. The maximum Gasteiger partial charge on any atom is 0.243 e. The van der Waals surface area contributed by atoms with Crippen LogP contribution in [0.5, 0.6) is 0 Å². The summed E-state index contributed by atoms with van der Waals surface area (Å²) in [7, 11) is -3.26. The van der Waals surface area contributed by atoms with Crippen LogP contribution in [0.3, 0.4) is 0 Å². The first kappa shape index (κ1) is 18.4. The van der Waals surface area contributed by atoms with Gasteiger partial charge in [-0.25, -0.2) is 8.42 Å². The molecule has 0 radical (unpaired) electrons. The number of sulfone groups is 1. The third kappa shape index (κ3) is 4.56. The van der Waals surface area contributed by atoms with Gasteiger partial charge in [0.25, 0.3) is 0 Å². The number of hydrogen-bond donors (Lipinski definition) is 2. The topological polar surface area (TPSA) is 106 Å². The summed E-state index contributed by atoms with van der Waals surface area (Å²) >= 11 is 0. The smallest absolute Gasteiger partial charge is 0.243 e. The standard InChI is InChI=1S/C17H24N2O4S/c1-24(22,23)14-8-6-13(7-9-14)12-15(20)19-17(16(18)21)10-4-2-3-5-11-17/h6-9H,2-5,10-12H2,1H3,(H2,18,21)(H,19,20). The second kappa shape index (κ2) is 7.34. The van der Waals surface area contributed by atoms with E-state index in [9.17, 15) is 18.0 Å². The summed E-state index contributed by atoms with van der Waals surface area (Å²) in [4.78, 5) is 24.5. The summed E-state index contributed by atoms with van der Waals surface area (Å²) in [5.41, 5.74) is 5.29. The first-order chi connectivity index (χ1) is 11.2. The van der Waals surface area contributed by atoms with Gasteiger partial charge in [0, 0.05) is 6.26 Å². The van der Waals surface area contributed by atoms with Crippen LogP contribution in [0.25, 0.3) is 0 Å². The largest absolute Gasteiger partial charge is 0.368 e. The van der Waals surface area contributed by atoms with Gasteiger partial charge in [-0.2, -0.15) is 0 Å². The van der Waals surface area contributed by atoms with Crippen molar-refractivity contribution in [1.82, 2.24) is 5.32 Å². The minimum Gasteiger partial charge on any atom is -0.368 e. The summed E-state index contributed by atoms with van der Waals surface area (Å²) in [5, 5.41) is 2.83. The molecule has 0 atom stereocenters. The van der Waals surface area contributed by atoms with E-state index < -0.39 is 21.3 Å².